The minimum absolute atomic E-state index is 0.298. The van der Waals surface area contributed by atoms with E-state index in [1.165, 1.54) is 6.42 Å². The maximum absolute atomic E-state index is 6.37. The molecule has 1 aromatic rings. The van der Waals surface area contributed by atoms with Gasteiger partial charge in [-0.25, -0.2) is 0 Å². The average Bonchev–Trinajstić information content (AvgIpc) is 2.76. The van der Waals surface area contributed by atoms with Crippen molar-refractivity contribution >= 4 is 11.6 Å². The predicted octanol–water partition coefficient (Wildman–Crippen LogP) is 4.59. The fraction of sp³-hybridized carbons (Fsp3) is 0.800. The standard InChI is InChI=1S/C15H28ClN3/c1-6-8-17-14(9-12(5)7-2)15-13(16)10-18-19(15)11(3)4/h10-12,14,17H,6-9H2,1-5H3. The molecule has 0 spiro atoms. The van der Waals surface area contributed by atoms with Gasteiger partial charge in [-0.3, -0.25) is 4.68 Å². The van der Waals surface area contributed by atoms with Crippen LogP contribution in [0.5, 0.6) is 0 Å². The third-order valence-electron chi connectivity index (χ3n) is 3.58. The molecule has 110 valence electrons. The molecule has 0 aromatic carbocycles. The van der Waals surface area contributed by atoms with E-state index in [1.807, 2.05) is 0 Å². The van der Waals surface area contributed by atoms with E-state index in [2.05, 4.69) is 49.7 Å². The Morgan fingerprint density at radius 3 is 2.53 bits per heavy atom. The largest absolute Gasteiger partial charge is 0.309 e. The van der Waals surface area contributed by atoms with E-state index in [9.17, 15) is 0 Å². The second-order valence-electron chi connectivity index (χ2n) is 5.67. The summed E-state index contributed by atoms with van der Waals surface area (Å²) < 4.78 is 2.05. The third kappa shape index (κ3) is 4.50. The molecule has 0 bridgehead atoms. The second kappa shape index (κ2) is 7.91. The number of hydrogen-bond acceptors (Lipinski definition) is 2. The lowest BCUT2D eigenvalue weighted by molar-refractivity contribution is 0.371. The van der Waals surface area contributed by atoms with Crippen LogP contribution in [0.4, 0.5) is 0 Å². The van der Waals surface area contributed by atoms with Gasteiger partial charge < -0.3 is 5.32 Å². The Morgan fingerprint density at radius 1 is 1.32 bits per heavy atom. The fourth-order valence-corrected chi connectivity index (χ4v) is 2.53. The summed E-state index contributed by atoms with van der Waals surface area (Å²) in [7, 11) is 0. The molecular weight excluding hydrogens is 258 g/mol. The van der Waals surface area contributed by atoms with Crippen molar-refractivity contribution in [2.75, 3.05) is 6.54 Å². The first kappa shape index (κ1) is 16.5. The molecule has 0 amide bonds. The molecule has 0 aliphatic rings. The summed E-state index contributed by atoms with van der Waals surface area (Å²) in [5.41, 5.74) is 1.14. The smallest absolute Gasteiger partial charge is 0.0834 e. The van der Waals surface area contributed by atoms with E-state index >= 15 is 0 Å². The molecule has 0 aliphatic carbocycles. The van der Waals surface area contributed by atoms with Gasteiger partial charge in [0.15, 0.2) is 0 Å². The van der Waals surface area contributed by atoms with Crippen molar-refractivity contribution in [1.29, 1.82) is 0 Å². The van der Waals surface area contributed by atoms with Crippen LogP contribution in [0.2, 0.25) is 5.02 Å². The molecule has 2 unspecified atom stereocenters. The van der Waals surface area contributed by atoms with Crippen molar-refractivity contribution in [3.63, 3.8) is 0 Å². The summed E-state index contributed by atoms with van der Waals surface area (Å²) in [6.45, 7) is 12.0. The van der Waals surface area contributed by atoms with Crippen molar-refractivity contribution < 1.29 is 0 Å². The summed E-state index contributed by atoms with van der Waals surface area (Å²) in [6, 6.07) is 0.637. The first-order valence-corrected chi connectivity index (χ1v) is 7.85. The van der Waals surface area contributed by atoms with Crippen molar-refractivity contribution in [3.05, 3.63) is 16.9 Å². The molecule has 4 heteroatoms. The monoisotopic (exact) mass is 285 g/mol. The minimum atomic E-state index is 0.298. The maximum Gasteiger partial charge on any atom is 0.0834 e. The van der Waals surface area contributed by atoms with Gasteiger partial charge in [0.25, 0.3) is 0 Å². The SMILES string of the molecule is CCCNC(CC(C)CC)c1c(Cl)cnn1C(C)C. The molecule has 1 aromatic heterocycles. The summed E-state index contributed by atoms with van der Waals surface area (Å²) in [6.07, 6.45) is 5.20. The molecule has 1 N–H and O–H groups in total. The highest BCUT2D eigenvalue weighted by Crippen LogP contribution is 2.30. The van der Waals surface area contributed by atoms with Crippen molar-refractivity contribution in [2.24, 2.45) is 5.92 Å². The van der Waals surface area contributed by atoms with Crippen molar-refractivity contribution in [2.45, 2.75) is 66.0 Å². The Balaban J connectivity index is 2.98. The zero-order valence-electron chi connectivity index (χ0n) is 12.9. The highest BCUT2D eigenvalue weighted by Gasteiger charge is 2.22. The Labute approximate surface area is 122 Å². The highest BCUT2D eigenvalue weighted by atomic mass is 35.5. The molecule has 2 atom stereocenters. The van der Waals surface area contributed by atoms with E-state index in [4.69, 9.17) is 11.6 Å². The number of nitrogens with zero attached hydrogens (tertiary/aromatic N) is 2. The summed E-state index contributed by atoms with van der Waals surface area (Å²) >= 11 is 6.37. The van der Waals surface area contributed by atoms with Crippen LogP contribution in [0.3, 0.4) is 0 Å². The lowest BCUT2D eigenvalue weighted by Gasteiger charge is -2.24. The highest BCUT2D eigenvalue weighted by molar-refractivity contribution is 6.31. The predicted molar refractivity (Wildman–Crippen MR) is 82.7 cm³/mol. The van der Waals surface area contributed by atoms with E-state index < -0.39 is 0 Å². The first-order valence-electron chi connectivity index (χ1n) is 7.47. The number of halogens is 1. The summed E-state index contributed by atoms with van der Waals surface area (Å²) in [4.78, 5) is 0. The summed E-state index contributed by atoms with van der Waals surface area (Å²) in [5, 5.41) is 8.83. The summed E-state index contributed by atoms with van der Waals surface area (Å²) in [5.74, 6) is 0.681. The molecule has 3 nitrogen and oxygen atoms in total. The van der Waals surface area contributed by atoms with Crippen molar-refractivity contribution in [3.8, 4) is 0 Å². The fourth-order valence-electron chi connectivity index (χ4n) is 2.27. The van der Waals surface area contributed by atoms with Gasteiger partial charge in [0.1, 0.15) is 0 Å². The van der Waals surface area contributed by atoms with Crippen LogP contribution < -0.4 is 5.32 Å². The first-order chi connectivity index (χ1) is 9.01. The lowest BCUT2D eigenvalue weighted by atomic mass is 9.97. The van der Waals surface area contributed by atoms with Gasteiger partial charge in [-0.1, -0.05) is 38.8 Å². The Morgan fingerprint density at radius 2 is 2.00 bits per heavy atom. The van der Waals surface area contributed by atoms with E-state index in [-0.39, 0.29) is 0 Å². The zero-order chi connectivity index (χ0) is 14.4. The topological polar surface area (TPSA) is 29.9 Å². The average molecular weight is 286 g/mol. The van der Waals surface area contributed by atoms with Gasteiger partial charge in [-0.2, -0.15) is 5.10 Å². The molecular formula is C15H28ClN3. The quantitative estimate of drug-likeness (QED) is 0.757. The molecule has 1 heterocycles. The zero-order valence-corrected chi connectivity index (χ0v) is 13.7. The van der Waals surface area contributed by atoms with Gasteiger partial charge in [0, 0.05) is 6.04 Å². The van der Waals surface area contributed by atoms with Crippen LogP contribution in [-0.4, -0.2) is 16.3 Å². The van der Waals surface area contributed by atoms with Crippen LogP contribution in [0.1, 0.15) is 71.7 Å². The molecule has 0 aliphatic heterocycles. The van der Waals surface area contributed by atoms with Crippen LogP contribution in [0.25, 0.3) is 0 Å². The van der Waals surface area contributed by atoms with E-state index in [0.29, 0.717) is 18.0 Å². The van der Waals surface area contributed by atoms with Crippen LogP contribution in [0.15, 0.2) is 6.20 Å². The lowest BCUT2D eigenvalue weighted by Crippen LogP contribution is -2.27. The molecule has 0 saturated carbocycles. The number of aromatic nitrogens is 2. The molecule has 1 rings (SSSR count). The molecule has 19 heavy (non-hydrogen) atoms. The van der Waals surface area contributed by atoms with Crippen LogP contribution >= 0.6 is 11.6 Å². The minimum Gasteiger partial charge on any atom is -0.309 e. The van der Waals surface area contributed by atoms with Gasteiger partial charge >= 0.3 is 0 Å². The number of hydrogen-bond donors (Lipinski definition) is 1. The van der Waals surface area contributed by atoms with Gasteiger partial charge in [0.2, 0.25) is 0 Å². The van der Waals surface area contributed by atoms with Crippen LogP contribution in [-0.2, 0) is 0 Å². The van der Waals surface area contributed by atoms with Crippen molar-refractivity contribution in [1.82, 2.24) is 15.1 Å². The normalized spacial score (nSPS) is 14.9. The van der Waals surface area contributed by atoms with Gasteiger partial charge in [-0.05, 0) is 39.2 Å². The second-order valence-corrected chi connectivity index (χ2v) is 6.08. The van der Waals surface area contributed by atoms with E-state index in [1.54, 1.807) is 6.20 Å². The third-order valence-corrected chi connectivity index (χ3v) is 3.87. The number of nitrogens with one attached hydrogen (secondary N) is 1. The van der Waals surface area contributed by atoms with E-state index in [0.717, 1.165) is 30.1 Å². The maximum atomic E-state index is 6.37. The Bertz CT molecular complexity index is 373. The van der Waals surface area contributed by atoms with Gasteiger partial charge in [0.05, 0.1) is 23.0 Å². The van der Waals surface area contributed by atoms with Crippen LogP contribution in [0, 0.1) is 5.92 Å². The Kier molecular flexibility index (Phi) is 6.87. The molecule has 0 saturated heterocycles. The Hall–Kier alpha value is -0.540. The molecule has 0 fully saturated rings. The number of rotatable bonds is 8. The molecule has 0 radical (unpaired) electrons. The van der Waals surface area contributed by atoms with Gasteiger partial charge in [-0.15, -0.1) is 0 Å².